The molecule has 49 heavy (non-hydrogen) atoms. The summed E-state index contributed by atoms with van der Waals surface area (Å²) in [7, 11) is -7.80. The molecule has 2 saturated heterocycles. The summed E-state index contributed by atoms with van der Waals surface area (Å²) in [5.41, 5.74) is 12.2. The van der Waals surface area contributed by atoms with E-state index in [1.54, 1.807) is 33.8 Å². The monoisotopic (exact) mass is 727 g/mol. The van der Waals surface area contributed by atoms with Crippen molar-refractivity contribution in [3.63, 3.8) is 0 Å². The minimum Gasteiger partial charge on any atom is -0.353 e. The Hall–Kier alpha value is -4.41. The first-order chi connectivity index (χ1) is 23.2. The molecular weight excluding hydrogens is 694 g/mol. The van der Waals surface area contributed by atoms with E-state index in [0.29, 0.717) is 35.1 Å². The molecule has 0 unspecified atom stereocenters. The zero-order valence-corrected chi connectivity index (χ0v) is 29.3. The fourth-order valence-corrected chi connectivity index (χ4v) is 8.09. The summed E-state index contributed by atoms with van der Waals surface area (Å²) >= 11 is 6.22. The SMILES string of the molecule is Cc1ccc(S(=O)(=O)O[C@@H]2CN(c3nc4cc([C@@H]5CCCCN5C(=O)c5cc(Cl)ccc5NS(C)(=O)=O)nn4cc3C)C[C@H]2N=[N+]=[N-])cc1. The molecule has 1 N–H and O–H groups in total. The van der Waals surface area contributed by atoms with Gasteiger partial charge in [-0.2, -0.15) is 13.5 Å². The quantitative estimate of drug-likeness (QED) is 0.107. The summed E-state index contributed by atoms with van der Waals surface area (Å²) in [4.78, 5) is 25.2. The van der Waals surface area contributed by atoms with Crippen LogP contribution in [-0.4, -0.2) is 80.3 Å². The lowest BCUT2D eigenvalue weighted by molar-refractivity contribution is 0.0606. The van der Waals surface area contributed by atoms with E-state index in [4.69, 9.17) is 25.9 Å². The Kier molecular flexibility index (Phi) is 9.48. The van der Waals surface area contributed by atoms with Crippen LogP contribution in [0, 0.1) is 13.8 Å². The summed E-state index contributed by atoms with van der Waals surface area (Å²) < 4.78 is 59.8. The number of benzene rings is 2. The van der Waals surface area contributed by atoms with E-state index in [0.717, 1.165) is 30.2 Å². The maximum atomic E-state index is 13.9. The summed E-state index contributed by atoms with van der Waals surface area (Å²) in [6.45, 7) is 4.41. The first-order valence-electron chi connectivity index (χ1n) is 15.5. The van der Waals surface area contributed by atoms with Gasteiger partial charge in [0.1, 0.15) is 11.9 Å². The number of anilines is 2. The molecule has 0 saturated carbocycles. The molecule has 2 fully saturated rings. The number of carbonyl (C=O) groups excluding carboxylic acids is 1. The molecule has 4 heterocycles. The Morgan fingerprint density at radius 3 is 2.55 bits per heavy atom. The summed E-state index contributed by atoms with van der Waals surface area (Å²) in [6.07, 6.45) is 4.10. The Morgan fingerprint density at radius 1 is 1.08 bits per heavy atom. The Morgan fingerprint density at radius 2 is 1.84 bits per heavy atom. The van der Waals surface area contributed by atoms with Crippen LogP contribution in [0.5, 0.6) is 0 Å². The van der Waals surface area contributed by atoms with Crippen LogP contribution in [0.2, 0.25) is 5.02 Å². The highest BCUT2D eigenvalue weighted by molar-refractivity contribution is 7.92. The molecule has 2 aromatic heterocycles. The summed E-state index contributed by atoms with van der Waals surface area (Å²) in [6, 6.07) is 11.3. The molecule has 2 aromatic carbocycles. The number of nitrogens with one attached hydrogen (secondary N) is 1. The minimum absolute atomic E-state index is 0.00670. The van der Waals surface area contributed by atoms with E-state index in [1.807, 2.05) is 18.7 Å². The van der Waals surface area contributed by atoms with Gasteiger partial charge in [0.15, 0.2) is 5.65 Å². The van der Waals surface area contributed by atoms with Gasteiger partial charge in [-0.15, -0.1) is 0 Å². The number of amides is 1. The van der Waals surface area contributed by atoms with Crippen molar-refractivity contribution in [1.29, 1.82) is 0 Å². The number of rotatable bonds is 9. The van der Waals surface area contributed by atoms with Crippen molar-refractivity contribution < 1.29 is 25.8 Å². The van der Waals surface area contributed by atoms with Crippen LogP contribution in [-0.2, 0) is 24.3 Å². The van der Waals surface area contributed by atoms with Gasteiger partial charge in [0.2, 0.25) is 10.0 Å². The van der Waals surface area contributed by atoms with Crippen molar-refractivity contribution >= 4 is 54.8 Å². The summed E-state index contributed by atoms with van der Waals surface area (Å²) in [5, 5.41) is 8.90. The largest absolute Gasteiger partial charge is 0.353 e. The molecule has 15 nitrogen and oxygen atoms in total. The van der Waals surface area contributed by atoms with Crippen LogP contribution in [0.15, 0.2) is 64.7 Å². The first kappa shape index (κ1) is 34.5. The first-order valence-corrected chi connectivity index (χ1v) is 19.1. The van der Waals surface area contributed by atoms with Crippen molar-refractivity contribution in [2.75, 3.05) is 35.5 Å². The maximum absolute atomic E-state index is 13.9. The Balaban J connectivity index is 1.28. The van der Waals surface area contributed by atoms with Gasteiger partial charge in [-0.05, 0) is 69.0 Å². The van der Waals surface area contributed by atoms with Crippen LogP contribution in [0.25, 0.3) is 16.1 Å². The molecule has 0 spiro atoms. The number of fused-ring (bicyclic) bond motifs is 1. The second kappa shape index (κ2) is 13.5. The molecule has 0 aliphatic carbocycles. The van der Waals surface area contributed by atoms with Crippen molar-refractivity contribution in [2.45, 2.75) is 56.2 Å². The van der Waals surface area contributed by atoms with Crippen LogP contribution in [0.4, 0.5) is 11.5 Å². The highest BCUT2D eigenvalue weighted by Gasteiger charge is 2.38. The Labute approximate surface area is 288 Å². The zero-order valence-electron chi connectivity index (χ0n) is 26.9. The van der Waals surface area contributed by atoms with Gasteiger partial charge in [0, 0.05) is 47.4 Å². The molecule has 258 valence electrons. The van der Waals surface area contributed by atoms with Crippen molar-refractivity contribution in [2.24, 2.45) is 5.11 Å². The Bertz CT molecular complexity index is 2190. The van der Waals surface area contributed by atoms with Crippen molar-refractivity contribution in [1.82, 2.24) is 19.5 Å². The van der Waals surface area contributed by atoms with Crippen molar-refractivity contribution in [3.8, 4) is 0 Å². The molecule has 18 heteroatoms. The highest BCUT2D eigenvalue weighted by Crippen LogP contribution is 2.35. The normalized spacial score (nSPS) is 20.0. The van der Waals surface area contributed by atoms with Crippen LogP contribution < -0.4 is 9.62 Å². The number of hydrogen-bond donors (Lipinski definition) is 1. The number of piperidine rings is 1. The smallest absolute Gasteiger partial charge is 0.297 e. The second-order valence-corrected chi connectivity index (χ2v) is 16.0. The van der Waals surface area contributed by atoms with Crippen molar-refractivity contribution in [3.05, 3.63) is 92.6 Å². The van der Waals surface area contributed by atoms with E-state index in [9.17, 15) is 27.2 Å². The number of carbonyl (C=O) groups is 1. The molecule has 1 amide bonds. The lowest BCUT2D eigenvalue weighted by Crippen LogP contribution is -2.39. The fraction of sp³-hybridized carbons (Fsp3) is 0.387. The van der Waals surface area contributed by atoms with Gasteiger partial charge in [-0.25, -0.2) is 17.9 Å². The molecule has 0 bridgehead atoms. The minimum atomic E-state index is -4.14. The molecule has 4 aromatic rings. The molecule has 2 aliphatic heterocycles. The number of likely N-dealkylation sites (tertiary alicyclic amines) is 1. The van der Waals surface area contributed by atoms with E-state index >= 15 is 0 Å². The van der Waals surface area contributed by atoms with Gasteiger partial charge in [-0.1, -0.05) is 34.4 Å². The van der Waals surface area contributed by atoms with Crippen LogP contribution in [0.3, 0.4) is 0 Å². The predicted molar refractivity (Wildman–Crippen MR) is 184 cm³/mol. The zero-order chi connectivity index (χ0) is 35.1. The van der Waals surface area contributed by atoms with Gasteiger partial charge in [-0.3, -0.25) is 13.7 Å². The number of nitrogens with zero attached hydrogens (tertiary/aromatic N) is 8. The number of halogens is 1. The number of aromatic nitrogens is 3. The van der Waals surface area contributed by atoms with Crippen LogP contribution in [0.1, 0.15) is 52.5 Å². The second-order valence-electron chi connectivity index (χ2n) is 12.3. The van der Waals surface area contributed by atoms with Gasteiger partial charge >= 0.3 is 0 Å². The van der Waals surface area contributed by atoms with E-state index in [2.05, 4.69) is 14.7 Å². The number of aryl methyl sites for hydroxylation is 2. The van der Waals surface area contributed by atoms with Gasteiger partial charge in [0.25, 0.3) is 16.0 Å². The van der Waals surface area contributed by atoms with E-state index < -0.39 is 38.3 Å². The topological polar surface area (TPSA) is 192 Å². The summed E-state index contributed by atoms with van der Waals surface area (Å²) in [5.74, 6) is 0.163. The van der Waals surface area contributed by atoms with E-state index in [1.165, 1.54) is 30.3 Å². The van der Waals surface area contributed by atoms with Gasteiger partial charge in [0.05, 0.1) is 40.2 Å². The predicted octanol–water partition coefficient (Wildman–Crippen LogP) is 5.01. The molecule has 6 rings (SSSR count). The average molecular weight is 728 g/mol. The fourth-order valence-electron chi connectivity index (χ4n) is 6.25. The highest BCUT2D eigenvalue weighted by atomic mass is 35.5. The lowest BCUT2D eigenvalue weighted by Gasteiger charge is -2.35. The third-order valence-electron chi connectivity index (χ3n) is 8.53. The average Bonchev–Trinajstić information content (AvgIpc) is 3.64. The number of sulfonamides is 1. The lowest BCUT2D eigenvalue weighted by atomic mass is 9.98. The van der Waals surface area contributed by atoms with Crippen LogP contribution >= 0.6 is 11.6 Å². The molecule has 2 aliphatic rings. The third-order valence-corrected chi connectivity index (χ3v) is 10.7. The van der Waals surface area contributed by atoms with E-state index in [-0.39, 0.29) is 35.1 Å². The third kappa shape index (κ3) is 7.45. The number of hydrogen-bond acceptors (Lipinski definition) is 10. The van der Waals surface area contributed by atoms with Gasteiger partial charge < -0.3 is 9.80 Å². The maximum Gasteiger partial charge on any atom is 0.297 e. The molecule has 3 atom stereocenters. The standard InChI is InChI=1S/C31H34ClN9O6S2/c1-19-7-10-22(11-8-19)49(45,46)47-28-18-39(17-26(28)35-38-33)30-20(2)16-41-29(34-30)15-25(36-41)27-6-4-5-13-40(27)31(42)23-14-21(32)9-12-24(23)37-48(3,43)44/h7-12,14-16,26-28,37H,4-6,13,17-18H2,1-3H3/t26-,27+,28-/m1/s1. The number of azide groups is 1. The molecule has 0 radical (unpaired) electrons. The molecular formula is C31H34ClN9O6S2.